The van der Waals surface area contributed by atoms with Crippen LogP contribution in [0.3, 0.4) is 0 Å². The second-order valence-electron chi connectivity index (χ2n) is 5.68. The molecule has 0 aromatic rings. The van der Waals surface area contributed by atoms with Crippen molar-refractivity contribution < 1.29 is 4.79 Å². The van der Waals surface area contributed by atoms with Crippen molar-refractivity contribution in [2.75, 3.05) is 11.0 Å². The van der Waals surface area contributed by atoms with Gasteiger partial charge in [0.25, 0.3) is 0 Å². The third-order valence-electron chi connectivity index (χ3n) is 4.43. The highest BCUT2D eigenvalue weighted by atomic mass is 127. The Labute approximate surface area is 118 Å². The molecule has 0 aliphatic heterocycles. The van der Waals surface area contributed by atoms with Gasteiger partial charge in [-0.3, -0.25) is 4.79 Å². The summed E-state index contributed by atoms with van der Waals surface area (Å²) >= 11 is 2.43. The Bertz CT molecular complexity index is 257. The first-order chi connectivity index (χ1) is 8.31. The highest BCUT2D eigenvalue weighted by Crippen LogP contribution is 2.48. The molecular weight excluding hydrogens is 325 g/mol. The molecule has 0 spiro atoms. The highest BCUT2D eigenvalue weighted by Gasteiger charge is 2.42. The lowest BCUT2D eigenvalue weighted by molar-refractivity contribution is -0.126. The van der Waals surface area contributed by atoms with Crippen molar-refractivity contribution in [1.29, 1.82) is 0 Å². The van der Waals surface area contributed by atoms with Crippen molar-refractivity contribution in [3.8, 4) is 0 Å². The van der Waals surface area contributed by atoms with Crippen LogP contribution in [0.15, 0.2) is 0 Å². The van der Waals surface area contributed by atoms with Crippen LogP contribution in [0.1, 0.15) is 51.4 Å². The molecule has 2 aliphatic carbocycles. The van der Waals surface area contributed by atoms with Crippen LogP contribution in [-0.2, 0) is 4.79 Å². The Hall–Kier alpha value is 0.200. The maximum atomic E-state index is 12.0. The van der Waals surface area contributed by atoms with Crippen molar-refractivity contribution in [2.45, 2.75) is 51.4 Å². The van der Waals surface area contributed by atoms with E-state index in [1.165, 1.54) is 49.4 Å². The van der Waals surface area contributed by atoms with Gasteiger partial charge in [-0.1, -0.05) is 41.9 Å². The molecule has 0 aromatic carbocycles. The molecule has 0 radical (unpaired) electrons. The van der Waals surface area contributed by atoms with E-state index in [9.17, 15) is 4.79 Å². The van der Waals surface area contributed by atoms with Gasteiger partial charge in [0.2, 0.25) is 5.91 Å². The Morgan fingerprint density at radius 1 is 1.12 bits per heavy atom. The van der Waals surface area contributed by atoms with E-state index in [4.69, 9.17) is 0 Å². The largest absolute Gasteiger partial charge is 0.356 e. The molecule has 1 N–H and O–H groups in total. The van der Waals surface area contributed by atoms with Gasteiger partial charge in [0, 0.05) is 12.5 Å². The summed E-state index contributed by atoms with van der Waals surface area (Å²) < 4.78 is 1.26. The SMILES string of the molecule is O=C(NCCCCCCI)C1CC2CCC1C2. The van der Waals surface area contributed by atoms with Crippen LogP contribution in [-0.4, -0.2) is 16.9 Å². The average molecular weight is 349 g/mol. The molecule has 2 nitrogen and oxygen atoms in total. The van der Waals surface area contributed by atoms with E-state index in [-0.39, 0.29) is 0 Å². The predicted molar refractivity (Wildman–Crippen MR) is 79.3 cm³/mol. The Kier molecular flexibility index (Phi) is 5.57. The number of hydrogen-bond acceptors (Lipinski definition) is 1. The summed E-state index contributed by atoms with van der Waals surface area (Å²) in [5, 5.41) is 3.15. The molecule has 0 saturated heterocycles. The van der Waals surface area contributed by atoms with Gasteiger partial charge >= 0.3 is 0 Å². The second-order valence-corrected chi connectivity index (χ2v) is 6.75. The van der Waals surface area contributed by atoms with Gasteiger partial charge in [-0.05, 0) is 48.4 Å². The van der Waals surface area contributed by atoms with E-state index in [0.29, 0.717) is 11.8 Å². The summed E-state index contributed by atoms with van der Waals surface area (Å²) in [5.74, 6) is 2.31. The van der Waals surface area contributed by atoms with Crippen LogP contribution >= 0.6 is 22.6 Å². The number of fused-ring (bicyclic) bond motifs is 2. The number of alkyl halides is 1. The molecule has 2 aliphatic rings. The highest BCUT2D eigenvalue weighted by molar-refractivity contribution is 14.1. The molecule has 2 bridgehead atoms. The monoisotopic (exact) mass is 349 g/mol. The molecule has 3 unspecified atom stereocenters. The van der Waals surface area contributed by atoms with E-state index in [2.05, 4.69) is 27.9 Å². The lowest BCUT2D eigenvalue weighted by atomic mass is 9.88. The van der Waals surface area contributed by atoms with Crippen LogP contribution in [0, 0.1) is 17.8 Å². The molecule has 3 atom stereocenters. The average Bonchev–Trinajstić information content (AvgIpc) is 2.95. The third-order valence-corrected chi connectivity index (χ3v) is 5.20. The van der Waals surface area contributed by atoms with E-state index < -0.39 is 0 Å². The lowest BCUT2D eigenvalue weighted by Gasteiger charge is -2.20. The molecule has 1 amide bonds. The van der Waals surface area contributed by atoms with E-state index in [0.717, 1.165) is 24.8 Å². The molecule has 2 rings (SSSR count). The van der Waals surface area contributed by atoms with Crippen molar-refractivity contribution in [2.24, 2.45) is 17.8 Å². The molecule has 2 saturated carbocycles. The first kappa shape index (κ1) is 13.6. The van der Waals surface area contributed by atoms with E-state index >= 15 is 0 Å². The summed E-state index contributed by atoms with van der Waals surface area (Å²) in [7, 11) is 0. The first-order valence-electron chi connectivity index (χ1n) is 7.15. The number of nitrogens with one attached hydrogen (secondary N) is 1. The predicted octanol–water partition coefficient (Wildman–Crippen LogP) is 3.53. The van der Waals surface area contributed by atoms with Crippen molar-refractivity contribution >= 4 is 28.5 Å². The third kappa shape index (κ3) is 3.83. The van der Waals surface area contributed by atoms with Crippen molar-refractivity contribution in [3.63, 3.8) is 0 Å². The van der Waals surface area contributed by atoms with Gasteiger partial charge in [-0.25, -0.2) is 0 Å². The molecule has 3 heteroatoms. The zero-order valence-electron chi connectivity index (χ0n) is 10.6. The number of carbonyl (C=O) groups excluding carboxylic acids is 1. The van der Waals surface area contributed by atoms with Gasteiger partial charge in [0.1, 0.15) is 0 Å². The van der Waals surface area contributed by atoms with E-state index in [1.807, 2.05) is 0 Å². The van der Waals surface area contributed by atoms with Crippen molar-refractivity contribution in [1.82, 2.24) is 5.32 Å². The van der Waals surface area contributed by atoms with Gasteiger partial charge in [0.15, 0.2) is 0 Å². The first-order valence-corrected chi connectivity index (χ1v) is 8.67. The Morgan fingerprint density at radius 3 is 2.59 bits per heavy atom. The number of unbranched alkanes of at least 4 members (excludes halogenated alkanes) is 3. The van der Waals surface area contributed by atoms with Crippen LogP contribution < -0.4 is 5.32 Å². The zero-order valence-corrected chi connectivity index (χ0v) is 12.7. The molecular formula is C14H24INO. The van der Waals surface area contributed by atoms with Crippen LogP contribution in [0.4, 0.5) is 0 Å². The molecule has 17 heavy (non-hydrogen) atoms. The van der Waals surface area contributed by atoms with Gasteiger partial charge in [0.05, 0.1) is 0 Å². The fraction of sp³-hybridized carbons (Fsp3) is 0.929. The lowest BCUT2D eigenvalue weighted by Crippen LogP contribution is -2.34. The van der Waals surface area contributed by atoms with Gasteiger partial charge in [-0.2, -0.15) is 0 Å². The number of halogens is 1. The topological polar surface area (TPSA) is 29.1 Å². The normalized spacial score (nSPS) is 30.8. The fourth-order valence-electron chi connectivity index (χ4n) is 3.48. The number of hydrogen-bond donors (Lipinski definition) is 1. The quantitative estimate of drug-likeness (QED) is 0.425. The minimum absolute atomic E-state index is 0.353. The summed E-state index contributed by atoms with van der Waals surface area (Å²) in [4.78, 5) is 12.0. The molecule has 0 aromatic heterocycles. The number of amides is 1. The molecule has 98 valence electrons. The van der Waals surface area contributed by atoms with Crippen LogP contribution in [0.5, 0.6) is 0 Å². The standard InChI is InChI=1S/C14H24INO/c15-7-3-1-2-4-8-16-14(17)13-10-11-5-6-12(13)9-11/h11-13H,1-10H2,(H,16,17). The van der Waals surface area contributed by atoms with E-state index in [1.54, 1.807) is 0 Å². The van der Waals surface area contributed by atoms with Crippen molar-refractivity contribution in [3.05, 3.63) is 0 Å². The summed E-state index contributed by atoms with van der Waals surface area (Å²) in [6.07, 6.45) is 10.2. The smallest absolute Gasteiger partial charge is 0.223 e. The summed E-state index contributed by atoms with van der Waals surface area (Å²) in [6.45, 7) is 0.897. The Morgan fingerprint density at radius 2 is 1.94 bits per heavy atom. The maximum Gasteiger partial charge on any atom is 0.223 e. The maximum absolute atomic E-state index is 12.0. The minimum Gasteiger partial charge on any atom is -0.356 e. The molecule has 2 fully saturated rings. The minimum atomic E-state index is 0.353. The number of carbonyl (C=O) groups is 1. The summed E-state index contributed by atoms with van der Waals surface area (Å²) in [5.41, 5.74) is 0. The fourth-order valence-corrected chi connectivity index (χ4v) is 4.02. The van der Waals surface area contributed by atoms with Crippen LogP contribution in [0.2, 0.25) is 0 Å². The number of rotatable bonds is 7. The second kappa shape index (κ2) is 6.95. The summed E-state index contributed by atoms with van der Waals surface area (Å²) in [6, 6.07) is 0. The van der Waals surface area contributed by atoms with Crippen LogP contribution in [0.25, 0.3) is 0 Å². The zero-order chi connectivity index (χ0) is 12.1. The van der Waals surface area contributed by atoms with Gasteiger partial charge in [-0.15, -0.1) is 0 Å². The van der Waals surface area contributed by atoms with Gasteiger partial charge < -0.3 is 5.32 Å². The molecule has 0 heterocycles. The Balaban J connectivity index is 1.55.